The van der Waals surface area contributed by atoms with Gasteiger partial charge in [-0.3, -0.25) is 10.1 Å². The van der Waals surface area contributed by atoms with Gasteiger partial charge in [0, 0.05) is 18.7 Å². The second-order valence-corrected chi connectivity index (χ2v) is 4.47. The summed E-state index contributed by atoms with van der Waals surface area (Å²) in [4.78, 5) is 14.8. The third kappa shape index (κ3) is 2.53. The molecule has 0 N–H and O–H groups in total. The monoisotopic (exact) mass is 284 g/mol. The average molecular weight is 284 g/mol. The maximum Gasteiger partial charge on any atom is 0.313 e. The standard InChI is InChI=1S/C14H12N4O3/c1-21-11-6-4-10(5-7-11)9-13-15-14-12(18(19)20)3-2-8-17(14)16-13/h2-8H,9H2,1H3. The molecule has 0 fully saturated rings. The number of aromatic nitrogens is 3. The molecule has 0 aliphatic heterocycles. The molecule has 0 saturated carbocycles. The Balaban J connectivity index is 1.93. The number of ether oxygens (including phenoxy) is 1. The van der Waals surface area contributed by atoms with E-state index in [1.165, 1.54) is 10.6 Å². The quantitative estimate of drug-likeness (QED) is 0.542. The Labute approximate surface area is 120 Å². The highest BCUT2D eigenvalue weighted by molar-refractivity contribution is 5.58. The summed E-state index contributed by atoms with van der Waals surface area (Å²) in [5, 5.41) is 15.2. The average Bonchev–Trinajstić information content (AvgIpc) is 2.89. The van der Waals surface area contributed by atoms with Gasteiger partial charge in [-0.1, -0.05) is 12.1 Å². The Hall–Kier alpha value is -2.96. The van der Waals surface area contributed by atoms with Crippen LogP contribution in [-0.4, -0.2) is 26.6 Å². The zero-order valence-electron chi connectivity index (χ0n) is 11.3. The van der Waals surface area contributed by atoms with Gasteiger partial charge in [0.1, 0.15) is 5.75 Å². The third-order valence-corrected chi connectivity index (χ3v) is 3.10. The molecule has 0 unspecified atom stereocenters. The molecule has 0 aliphatic carbocycles. The molecule has 2 heterocycles. The zero-order chi connectivity index (χ0) is 14.8. The Morgan fingerprint density at radius 2 is 2.05 bits per heavy atom. The fraction of sp³-hybridized carbons (Fsp3) is 0.143. The fourth-order valence-electron chi connectivity index (χ4n) is 2.08. The minimum atomic E-state index is -0.457. The number of hydrogen-bond donors (Lipinski definition) is 0. The smallest absolute Gasteiger partial charge is 0.313 e. The van der Waals surface area contributed by atoms with E-state index < -0.39 is 4.92 Å². The third-order valence-electron chi connectivity index (χ3n) is 3.10. The summed E-state index contributed by atoms with van der Waals surface area (Å²) in [6.45, 7) is 0. The van der Waals surface area contributed by atoms with Crippen molar-refractivity contribution >= 4 is 11.3 Å². The molecular weight excluding hydrogens is 272 g/mol. The van der Waals surface area contributed by atoms with E-state index in [-0.39, 0.29) is 11.3 Å². The molecule has 3 aromatic rings. The molecular formula is C14H12N4O3. The van der Waals surface area contributed by atoms with Gasteiger partial charge >= 0.3 is 5.69 Å². The highest BCUT2D eigenvalue weighted by Gasteiger charge is 2.16. The van der Waals surface area contributed by atoms with Crippen LogP contribution >= 0.6 is 0 Å². The van der Waals surface area contributed by atoms with E-state index in [1.54, 1.807) is 19.4 Å². The Kier molecular flexibility index (Phi) is 3.23. The van der Waals surface area contributed by atoms with Crippen LogP contribution in [-0.2, 0) is 6.42 Å². The molecule has 0 amide bonds. The van der Waals surface area contributed by atoms with Crippen LogP contribution in [0.2, 0.25) is 0 Å². The highest BCUT2D eigenvalue weighted by Crippen LogP contribution is 2.19. The largest absolute Gasteiger partial charge is 0.497 e. The first-order valence-corrected chi connectivity index (χ1v) is 6.29. The molecule has 0 saturated heterocycles. The van der Waals surface area contributed by atoms with E-state index in [4.69, 9.17) is 4.74 Å². The lowest BCUT2D eigenvalue weighted by Crippen LogP contribution is -1.94. The zero-order valence-corrected chi connectivity index (χ0v) is 11.3. The number of methoxy groups -OCH3 is 1. The van der Waals surface area contributed by atoms with Crippen LogP contribution < -0.4 is 4.74 Å². The van der Waals surface area contributed by atoms with Gasteiger partial charge in [0.05, 0.1) is 12.0 Å². The number of rotatable bonds is 4. The minimum absolute atomic E-state index is 0.0500. The normalized spacial score (nSPS) is 10.7. The highest BCUT2D eigenvalue weighted by atomic mass is 16.6. The fourth-order valence-corrected chi connectivity index (χ4v) is 2.08. The van der Waals surface area contributed by atoms with E-state index >= 15 is 0 Å². The summed E-state index contributed by atoms with van der Waals surface area (Å²) >= 11 is 0. The molecule has 0 aliphatic rings. The molecule has 3 rings (SSSR count). The van der Waals surface area contributed by atoms with Crippen molar-refractivity contribution in [2.45, 2.75) is 6.42 Å². The van der Waals surface area contributed by atoms with E-state index in [9.17, 15) is 10.1 Å². The van der Waals surface area contributed by atoms with Crippen molar-refractivity contribution in [3.8, 4) is 5.75 Å². The summed E-state index contributed by atoms with van der Waals surface area (Å²) in [5.74, 6) is 1.31. The van der Waals surface area contributed by atoms with Gasteiger partial charge in [0.15, 0.2) is 5.82 Å². The summed E-state index contributed by atoms with van der Waals surface area (Å²) in [6.07, 6.45) is 2.15. The molecule has 0 spiro atoms. The Morgan fingerprint density at radius 3 is 2.71 bits per heavy atom. The minimum Gasteiger partial charge on any atom is -0.497 e. The van der Waals surface area contributed by atoms with Crippen molar-refractivity contribution in [3.63, 3.8) is 0 Å². The summed E-state index contributed by atoms with van der Waals surface area (Å²) in [7, 11) is 1.61. The first kappa shape index (κ1) is 13.0. The van der Waals surface area contributed by atoms with E-state index in [2.05, 4.69) is 10.1 Å². The summed E-state index contributed by atoms with van der Waals surface area (Å²) in [6, 6.07) is 10.5. The molecule has 7 heteroatoms. The lowest BCUT2D eigenvalue weighted by Gasteiger charge is -2.00. The number of pyridine rings is 1. The topological polar surface area (TPSA) is 82.6 Å². The number of nitrogens with zero attached hydrogens (tertiary/aromatic N) is 4. The number of nitro groups is 1. The van der Waals surface area contributed by atoms with Gasteiger partial charge in [-0.05, 0) is 23.8 Å². The first-order chi connectivity index (χ1) is 10.2. The maximum atomic E-state index is 11.0. The summed E-state index contributed by atoms with van der Waals surface area (Å²) in [5.41, 5.74) is 1.21. The molecule has 106 valence electrons. The summed E-state index contributed by atoms with van der Waals surface area (Å²) < 4.78 is 6.53. The molecule has 0 atom stereocenters. The predicted octanol–water partition coefficient (Wildman–Crippen LogP) is 2.24. The lowest BCUT2D eigenvalue weighted by molar-refractivity contribution is -0.383. The number of benzene rings is 1. The van der Waals surface area contributed by atoms with Crippen molar-refractivity contribution < 1.29 is 9.66 Å². The molecule has 21 heavy (non-hydrogen) atoms. The Bertz CT molecular complexity index is 796. The van der Waals surface area contributed by atoms with Crippen molar-refractivity contribution in [1.29, 1.82) is 0 Å². The van der Waals surface area contributed by atoms with Gasteiger partial charge in [0.25, 0.3) is 0 Å². The SMILES string of the molecule is COc1ccc(Cc2nc3c([N+](=O)[O-])cccn3n2)cc1. The van der Waals surface area contributed by atoms with E-state index in [0.717, 1.165) is 11.3 Å². The lowest BCUT2D eigenvalue weighted by atomic mass is 10.1. The van der Waals surface area contributed by atoms with E-state index in [1.807, 2.05) is 24.3 Å². The van der Waals surface area contributed by atoms with Crippen LogP contribution in [0.15, 0.2) is 42.6 Å². The van der Waals surface area contributed by atoms with Gasteiger partial charge in [-0.25, -0.2) is 9.50 Å². The van der Waals surface area contributed by atoms with E-state index in [0.29, 0.717) is 12.2 Å². The second kappa shape index (κ2) is 5.20. The van der Waals surface area contributed by atoms with Crippen LogP contribution in [0.5, 0.6) is 5.75 Å². The van der Waals surface area contributed by atoms with Crippen molar-refractivity contribution in [3.05, 3.63) is 64.1 Å². The first-order valence-electron chi connectivity index (χ1n) is 6.29. The molecule has 2 aromatic heterocycles. The molecule has 0 radical (unpaired) electrons. The van der Waals surface area contributed by atoms with Crippen molar-refractivity contribution in [2.24, 2.45) is 0 Å². The Morgan fingerprint density at radius 1 is 1.29 bits per heavy atom. The maximum absolute atomic E-state index is 11.0. The van der Waals surface area contributed by atoms with Crippen LogP contribution in [0.4, 0.5) is 5.69 Å². The van der Waals surface area contributed by atoms with Crippen molar-refractivity contribution in [2.75, 3.05) is 7.11 Å². The predicted molar refractivity (Wildman–Crippen MR) is 75.4 cm³/mol. The number of hydrogen-bond acceptors (Lipinski definition) is 5. The molecule has 0 bridgehead atoms. The van der Waals surface area contributed by atoms with Crippen molar-refractivity contribution in [1.82, 2.24) is 14.6 Å². The van der Waals surface area contributed by atoms with Gasteiger partial charge in [-0.2, -0.15) is 5.10 Å². The molecule has 7 nitrogen and oxygen atoms in total. The second-order valence-electron chi connectivity index (χ2n) is 4.47. The van der Waals surface area contributed by atoms with Gasteiger partial charge in [0.2, 0.25) is 5.65 Å². The van der Waals surface area contributed by atoms with Gasteiger partial charge < -0.3 is 4.74 Å². The number of fused-ring (bicyclic) bond motifs is 1. The molecule has 1 aromatic carbocycles. The van der Waals surface area contributed by atoms with Crippen LogP contribution in [0.25, 0.3) is 5.65 Å². The van der Waals surface area contributed by atoms with Gasteiger partial charge in [-0.15, -0.1) is 0 Å². The van der Waals surface area contributed by atoms with Crippen LogP contribution in [0.1, 0.15) is 11.4 Å². The van der Waals surface area contributed by atoms with Crippen LogP contribution in [0.3, 0.4) is 0 Å². The van der Waals surface area contributed by atoms with Crippen LogP contribution in [0, 0.1) is 10.1 Å².